The lowest BCUT2D eigenvalue weighted by Crippen LogP contribution is -2.50. The highest BCUT2D eigenvalue weighted by Crippen LogP contribution is 2.60. The van der Waals surface area contributed by atoms with Gasteiger partial charge in [0, 0.05) is 35.6 Å². The summed E-state index contributed by atoms with van der Waals surface area (Å²) >= 11 is 0. The zero-order chi connectivity index (χ0) is 19.9. The number of aromatic amines is 1. The Kier molecular flexibility index (Phi) is 3.55. The largest absolute Gasteiger partial charge is 0.481 e. The number of piperidine rings is 1. The van der Waals surface area contributed by atoms with Crippen LogP contribution in [0.25, 0.3) is 10.9 Å². The van der Waals surface area contributed by atoms with Gasteiger partial charge in [-0.2, -0.15) is 0 Å². The maximum absolute atomic E-state index is 13.3. The lowest BCUT2D eigenvalue weighted by molar-refractivity contribution is -0.155. The highest BCUT2D eigenvalue weighted by molar-refractivity contribution is 5.89. The van der Waals surface area contributed by atoms with Crippen LogP contribution in [0.5, 0.6) is 0 Å². The molecule has 3 saturated carbocycles. The fourth-order valence-electron chi connectivity index (χ4n) is 6.88. The third-order valence-electron chi connectivity index (χ3n) is 8.29. The minimum absolute atomic E-state index is 0.133. The maximum Gasteiger partial charge on any atom is 0.309 e. The molecule has 5 atom stereocenters. The third-order valence-corrected chi connectivity index (χ3v) is 8.29. The van der Waals surface area contributed by atoms with Gasteiger partial charge in [-0.15, -0.1) is 0 Å². The second kappa shape index (κ2) is 5.87. The van der Waals surface area contributed by atoms with Crippen LogP contribution in [0.15, 0.2) is 24.4 Å². The Labute approximate surface area is 170 Å². The summed E-state index contributed by atoms with van der Waals surface area (Å²) in [6.07, 6.45) is 8.19. The van der Waals surface area contributed by atoms with Crippen molar-refractivity contribution in [3.63, 3.8) is 0 Å². The molecule has 4 bridgehead atoms. The lowest BCUT2D eigenvalue weighted by Gasteiger charge is -2.41. The summed E-state index contributed by atoms with van der Waals surface area (Å²) < 4.78 is 0. The molecule has 5 heteroatoms. The van der Waals surface area contributed by atoms with Gasteiger partial charge < -0.3 is 15.0 Å². The van der Waals surface area contributed by atoms with E-state index in [1.165, 1.54) is 34.9 Å². The molecule has 1 amide bonds. The molecule has 0 spiro atoms. The van der Waals surface area contributed by atoms with Gasteiger partial charge >= 0.3 is 5.97 Å². The van der Waals surface area contributed by atoms with Gasteiger partial charge in [0.2, 0.25) is 5.91 Å². The third kappa shape index (κ3) is 2.45. The predicted molar refractivity (Wildman–Crippen MR) is 110 cm³/mol. The van der Waals surface area contributed by atoms with Crippen molar-refractivity contribution < 1.29 is 14.7 Å². The molecular weight excluding hydrogens is 364 g/mol. The molecule has 29 heavy (non-hydrogen) atoms. The zero-order valence-corrected chi connectivity index (χ0v) is 16.9. The number of H-pyrrole nitrogens is 1. The summed E-state index contributed by atoms with van der Waals surface area (Å²) in [4.78, 5) is 30.7. The van der Waals surface area contributed by atoms with E-state index in [1.54, 1.807) is 0 Å². The van der Waals surface area contributed by atoms with Crippen molar-refractivity contribution >= 4 is 22.8 Å². The molecule has 2 N–H and O–H groups in total. The number of carboxylic acids is 1. The number of amides is 1. The van der Waals surface area contributed by atoms with E-state index in [-0.39, 0.29) is 23.9 Å². The quantitative estimate of drug-likeness (QED) is 0.792. The first-order chi connectivity index (χ1) is 14.0. The van der Waals surface area contributed by atoms with Crippen LogP contribution in [0.4, 0.5) is 0 Å². The zero-order valence-electron chi connectivity index (χ0n) is 16.9. The van der Waals surface area contributed by atoms with Crippen molar-refractivity contribution in [1.29, 1.82) is 0 Å². The average Bonchev–Trinajstić information content (AvgIpc) is 3.32. The summed E-state index contributed by atoms with van der Waals surface area (Å²) in [6, 6.07) is 6.78. The van der Waals surface area contributed by atoms with E-state index in [1.807, 2.05) is 0 Å². The van der Waals surface area contributed by atoms with Crippen LogP contribution < -0.4 is 0 Å². The molecule has 5 nitrogen and oxygen atoms in total. The Bertz CT molecular complexity index is 1020. The second-order valence-electron chi connectivity index (χ2n) is 10.1. The van der Waals surface area contributed by atoms with Gasteiger partial charge in [0.05, 0.1) is 5.41 Å². The first kappa shape index (κ1) is 17.5. The van der Waals surface area contributed by atoms with Crippen molar-refractivity contribution in [2.45, 2.75) is 75.8 Å². The fraction of sp³-hybridized carbons (Fsp3) is 0.583. The summed E-state index contributed by atoms with van der Waals surface area (Å²) in [5, 5.41) is 11.0. The maximum atomic E-state index is 13.3. The molecule has 2 aliphatic heterocycles. The number of hydrogen-bond donors (Lipinski definition) is 2. The Hall–Kier alpha value is -2.30. The van der Waals surface area contributed by atoms with E-state index in [0.29, 0.717) is 31.1 Å². The molecule has 3 aliphatic carbocycles. The first-order valence-corrected chi connectivity index (χ1v) is 11.1. The van der Waals surface area contributed by atoms with Gasteiger partial charge in [-0.05, 0) is 73.5 Å². The number of nitrogens with one attached hydrogen (secondary N) is 1. The Morgan fingerprint density at radius 2 is 2.10 bits per heavy atom. The molecule has 0 radical (unpaired) electrons. The molecule has 1 aromatic carbocycles. The normalized spacial score (nSPS) is 33.6. The van der Waals surface area contributed by atoms with Gasteiger partial charge in [0.25, 0.3) is 0 Å². The summed E-state index contributed by atoms with van der Waals surface area (Å²) in [5.41, 5.74) is 3.30. The molecule has 5 unspecified atom stereocenters. The molecule has 2 saturated heterocycles. The van der Waals surface area contributed by atoms with Crippen molar-refractivity contribution in [2.75, 3.05) is 0 Å². The highest BCUT2D eigenvalue weighted by atomic mass is 16.4. The number of rotatable bonds is 5. The number of carboxylic acid groups (broad SMARTS) is 1. The Morgan fingerprint density at radius 1 is 1.28 bits per heavy atom. The molecule has 1 aromatic heterocycles. The van der Waals surface area contributed by atoms with Crippen LogP contribution in [0.1, 0.15) is 74.8 Å². The van der Waals surface area contributed by atoms with Crippen molar-refractivity contribution in [1.82, 2.24) is 9.88 Å². The summed E-state index contributed by atoms with van der Waals surface area (Å²) in [6.45, 7) is 2.16. The van der Waals surface area contributed by atoms with Crippen molar-refractivity contribution in [3.05, 3.63) is 35.5 Å². The molecule has 152 valence electrons. The van der Waals surface area contributed by atoms with Crippen LogP contribution in [-0.4, -0.2) is 39.0 Å². The standard InChI is InChI=1S/C24H28N2O3/c1-13(18-12-25-19-4-2-3-17(22(18)19)14-5-6-14)7-21(27)26-16-8-15-9-24(10-16,23(28)29)11-20(15)26/h2-4,12-16,20,25H,5-11H2,1H3,(H,28,29). The molecule has 3 heterocycles. The molecular formula is C24H28N2O3. The van der Waals surface area contributed by atoms with Crippen LogP contribution in [-0.2, 0) is 9.59 Å². The highest BCUT2D eigenvalue weighted by Gasteiger charge is 2.63. The first-order valence-electron chi connectivity index (χ1n) is 11.1. The van der Waals surface area contributed by atoms with Gasteiger partial charge in [-0.1, -0.05) is 19.1 Å². The van der Waals surface area contributed by atoms with Crippen LogP contribution >= 0.6 is 0 Å². The van der Waals surface area contributed by atoms with Gasteiger partial charge in [-0.3, -0.25) is 9.59 Å². The SMILES string of the molecule is CC(CC(=O)N1C2CC3CC(C(=O)O)(C2)CC31)c1c[nH]c2cccc(C3CC3)c12. The van der Waals surface area contributed by atoms with E-state index >= 15 is 0 Å². The van der Waals surface area contributed by atoms with Crippen molar-refractivity contribution in [3.8, 4) is 0 Å². The smallest absolute Gasteiger partial charge is 0.309 e. The van der Waals surface area contributed by atoms with Crippen molar-refractivity contribution in [2.24, 2.45) is 11.3 Å². The van der Waals surface area contributed by atoms with Crippen LogP contribution in [0, 0.1) is 11.3 Å². The summed E-state index contributed by atoms with van der Waals surface area (Å²) in [5.74, 6) is 0.781. The molecule has 2 aromatic rings. The number of carbonyl (C=O) groups is 2. The number of benzene rings is 1. The van der Waals surface area contributed by atoms with E-state index in [2.05, 4.69) is 41.2 Å². The Balaban J connectivity index is 1.24. The number of fused-ring (bicyclic) bond motifs is 1. The number of nitrogens with zero attached hydrogens (tertiary/aromatic N) is 1. The minimum atomic E-state index is -0.651. The minimum Gasteiger partial charge on any atom is -0.481 e. The van der Waals surface area contributed by atoms with E-state index in [9.17, 15) is 14.7 Å². The number of aliphatic carboxylic acids is 1. The Morgan fingerprint density at radius 3 is 2.83 bits per heavy atom. The topological polar surface area (TPSA) is 73.4 Å². The molecule has 7 rings (SSSR count). The summed E-state index contributed by atoms with van der Waals surface area (Å²) in [7, 11) is 0. The number of hydrogen-bond acceptors (Lipinski definition) is 2. The molecule has 5 fully saturated rings. The van der Waals surface area contributed by atoms with Gasteiger partial charge in [0.1, 0.15) is 0 Å². The van der Waals surface area contributed by atoms with Crippen LogP contribution in [0.3, 0.4) is 0 Å². The number of aromatic nitrogens is 1. The monoisotopic (exact) mass is 392 g/mol. The van der Waals surface area contributed by atoms with Gasteiger partial charge in [0.15, 0.2) is 0 Å². The van der Waals surface area contributed by atoms with E-state index in [0.717, 1.165) is 12.8 Å². The average molecular weight is 392 g/mol. The predicted octanol–water partition coefficient (Wildman–Crippen LogP) is 4.39. The lowest BCUT2D eigenvalue weighted by atomic mass is 9.73. The second-order valence-corrected chi connectivity index (χ2v) is 10.1. The number of carbonyl (C=O) groups excluding carboxylic acids is 1. The molecule has 5 aliphatic rings. The fourth-order valence-corrected chi connectivity index (χ4v) is 6.88. The van der Waals surface area contributed by atoms with E-state index in [4.69, 9.17) is 0 Å². The van der Waals surface area contributed by atoms with E-state index < -0.39 is 11.4 Å². The van der Waals surface area contributed by atoms with Crippen LogP contribution in [0.2, 0.25) is 0 Å². The van der Waals surface area contributed by atoms with Gasteiger partial charge in [-0.25, -0.2) is 0 Å².